The topological polar surface area (TPSA) is 69.6 Å². The minimum atomic E-state index is 0.469. The molecule has 0 radical (unpaired) electrons. The minimum absolute atomic E-state index is 0.469. The molecule has 0 fully saturated rings. The summed E-state index contributed by atoms with van der Waals surface area (Å²) >= 11 is 12.1. The summed E-state index contributed by atoms with van der Waals surface area (Å²) in [5.74, 6) is 0.561. The van der Waals surface area contributed by atoms with Crippen LogP contribution in [0.1, 0.15) is 5.56 Å². The Labute approximate surface area is 131 Å². The van der Waals surface area contributed by atoms with E-state index in [1.807, 2.05) is 25.1 Å². The number of nitrogen functional groups attached to an aromatic ring is 1. The number of halogens is 2. The Bertz CT molecular complexity index is 813. The van der Waals surface area contributed by atoms with Crippen LogP contribution in [0.3, 0.4) is 0 Å². The summed E-state index contributed by atoms with van der Waals surface area (Å²) in [5, 5.41) is 12.8. The molecule has 3 aromatic rings. The first-order valence-electron chi connectivity index (χ1n) is 6.16. The second-order valence-electron chi connectivity index (χ2n) is 4.58. The molecule has 0 saturated heterocycles. The molecule has 2 aromatic carbocycles. The Kier molecular flexibility index (Phi) is 3.53. The largest absolute Gasteiger partial charge is 0.398 e. The fourth-order valence-electron chi connectivity index (χ4n) is 1.96. The number of rotatable bonds is 2. The molecule has 1 aromatic heterocycles. The van der Waals surface area contributed by atoms with E-state index in [9.17, 15) is 0 Å². The summed E-state index contributed by atoms with van der Waals surface area (Å²) in [7, 11) is 0. The van der Waals surface area contributed by atoms with E-state index >= 15 is 0 Å². The monoisotopic (exact) mass is 319 g/mol. The highest BCUT2D eigenvalue weighted by molar-refractivity contribution is 6.35. The van der Waals surface area contributed by atoms with Crippen molar-refractivity contribution in [1.82, 2.24) is 20.2 Å². The molecule has 7 heteroatoms. The number of aryl methyl sites for hydroxylation is 1. The Morgan fingerprint density at radius 2 is 1.90 bits per heavy atom. The fourth-order valence-corrected chi connectivity index (χ4v) is 2.45. The van der Waals surface area contributed by atoms with E-state index < -0.39 is 0 Å². The van der Waals surface area contributed by atoms with Crippen LogP contribution in [-0.4, -0.2) is 20.2 Å². The molecule has 0 aliphatic heterocycles. The van der Waals surface area contributed by atoms with Gasteiger partial charge in [0.05, 0.1) is 10.7 Å². The molecule has 0 unspecified atom stereocenters. The Hall–Kier alpha value is -2.11. The van der Waals surface area contributed by atoms with Crippen molar-refractivity contribution in [3.8, 4) is 17.1 Å². The fraction of sp³-hybridized carbons (Fsp3) is 0.0714. The van der Waals surface area contributed by atoms with Crippen molar-refractivity contribution >= 4 is 28.9 Å². The van der Waals surface area contributed by atoms with E-state index in [2.05, 4.69) is 15.5 Å². The number of aromatic nitrogens is 4. The number of nitrogens with zero attached hydrogens (tertiary/aromatic N) is 4. The van der Waals surface area contributed by atoms with Gasteiger partial charge < -0.3 is 5.73 Å². The second kappa shape index (κ2) is 5.35. The molecule has 0 bridgehead atoms. The summed E-state index contributed by atoms with van der Waals surface area (Å²) in [6, 6.07) is 10.8. The first kappa shape index (κ1) is 13.9. The number of nitrogens with two attached hydrogens (primary N) is 1. The molecule has 2 N–H and O–H groups in total. The van der Waals surface area contributed by atoms with Gasteiger partial charge in [0.15, 0.2) is 5.82 Å². The van der Waals surface area contributed by atoms with Gasteiger partial charge in [-0.2, -0.15) is 4.68 Å². The van der Waals surface area contributed by atoms with Crippen LogP contribution in [0, 0.1) is 6.92 Å². The third kappa shape index (κ3) is 2.57. The predicted octanol–water partition coefficient (Wildman–Crippen LogP) is 3.53. The summed E-state index contributed by atoms with van der Waals surface area (Å²) in [4.78, 5) is 0. The lowest BCUT2D eigenvalue weighted by atomic mass is 10.1. The maximum absolute atomic E-state index is 6.21. The van der Waals surface area contributed by atoms with Gasteiger partial charge >= 0.3 is 0 Å². The van der Waals surface area contributed by atoms with Crippen molar-refractivity contribution in [2.45, 2.75) is 6.92 Å². The molecule has 0 saturated carbocycles. The second-order valence-corrected chi connectivity index (χ2v) is 5.43. The third-order valence-electron chi connectivity index (χ3n) is 3.14. The molecule has 0 aliphatic rings. The standard InChI is InChI=1S/C14H11Cl2N5/c1-8-2-3-9(6-12(8)17)14-18-19-20-21(14)13-5-4-10(15)7-11(13)16/h2-7H,17H2,1H3. The number of hydrogen-bond acceptors (Lipinski definition) is 4. The van der Waals surface area contributed by atoms with Gasteiger partial charge in [0, 0.05) is 16.3 Å². The summed E-state index contributed by atoms with van der Waals surface area (Å²) in [6.07, 6.45) is 0. The highest BCUT2D eigenvalue weighted by Crippen LogP contribution is 2.28. The lowest BCUT2D eigenvalue weighted by Crippen LogP contribution is -2.01. The lowest BCUT2D eigenvalue weighted by Gasteiger charge is -2.08. The average Bonchev–Trinajstić information content (AvgIpc) is 2.91. The average molecular weight is 320 g/mol. The normalized spacial score (nSPS) is 10.8. The van der Waals surface area contributed by atoms with Crippen molar-refractivity contribution in [3.05, 3.63) is 52.0 Å². The van der Waals surface area contributed by atoms with Crippen molar-refractivity contribution in [2.24, 2.45) is 0 Å². The maximum atomic E-state index is 6.21. The molecule has 106 valence electrons. The Morgan fingerprint density at radius 1 is 1.10 bits per heavy atom. The first-order valence-corrected chi connectivity index (χ1v) is 6.92. The molecule has 0 amide bonds. The van der Waals surface area contributed by atoms with Crippen molar-refractivity contribution < 1.29 is 0 Å². The van der Waals surface area contributed by atoms with Gasteiger partial charge in [-0.1, -0.05) is 35.3 Å². The Morgan fingerprint density at radius 3 is 2.62 bits per heavy atom. The molecular weight excluding hydrogens is 309 g/mol. The zero-order valence-electron chi connectivity index (χ0n) is 11.1. The van der Waals surface area contributed by atoms with E-state index in [4.69, 9.17) is 28.9 Å². The maximum Gasteiger partial charge on any atom is 0.187 e. The van der Waals surface area contributed by atoms with Crippen LogP contribution in [0.25, 0.3) is 17.1 Å². The van der Waals surface area contributed by atoms with E-state index in [0.717, 1.165) is 11.1 Å². The number of anilines is 1. The third-order valence-corrected chi connectivity index (χ3v) is 3.68. The molecule has 0 aliphatic carbocycles. The quantitative estimate of drug-likeness (QED) is 0.733. The van der Waals surface area contributed by atoms with Gasteiger partial charge in [0.25, 0.3) is 0 Å². The molecule has 0 spiro atoms. The molecule has 3 rings (SSSR count). The summed E-state index contributed by atoms with van der Waals surface area (Å²) in [6.45, 7) is 1.94. The SMILES string of the molecule is Cc1ccc(-c2nnnn2-c2ccc(Cl)cc2Cl)cc1N. The van der Waals surface area contributed by atoms with Crippen molar-refractivity contribution in [1.29, 1.82) is 0 Å². The van der Waals surface area contributed by atoms with Gasteiger partial charge in [-0.15, -0.1) is 5.10 Å². The van der Waals surface area contributed by atoms with Crippen LogP contribution in [0.5, 0.6) is 0 Å². The number of benzene rings is 2. The van der Waals surface area contributed by atoms with Crippen LogP contribution in [0.4, 0.5) is 5.69 Å². The summed E-state index contributed by atoms with van der Waals surface area (Å²) < 4.78 is 1.56. The lowest BCUT2D eigenvalue weighted by molar-refractivity contribution is 0.791. The predicted molar refractivity (Wildman–Crippen MR) is 83.8 cm³/mol. The van der Waals surface area contributed by atoms with E-state index in [1.165, 1.54) is 0 Å². The molecule has 21 heavy (non-hydrogen) atoms. The van der Waals surface area contributed by atoms with Gasteiger partial charge in [-0.05, 0) is 47.2 Å². The smallest absolute Gasteiger partial charge is 0.187 e. The highest BCUT2D eigenvalue weighted by atomic mass is 35.5. The van der Waals surface area contributed by atoms with Crippen molar-refractivity contribution in [2.75, 3.05) is 5.73 Å². The molecule has 1 heterocycles. The summed E-state index contributed by atoms with van der Waals surface area (Å²) in [5.41, 5.74) is 9.10. The number of tetrazole rings is 1. The van der Waals surface area contributed by atoms with Crippen LogP contribution in [-0.2, 0) is 0 Å². The van der Waals surface area contributed by atoms with Crippen LogP contribution < -0.4 is 5.73 Å². The van der Waals surface area contributed by atoms with E-state index in [0.29, 0.717) is 27.2 Å². The minimum Gasteiger partial charge on any atom is -0.398 e. The first-order chi connectivity index (χ1) is 10.1. The van der Waals surface area contributed by atoms with Crippen LogP contribution in [0.2, 0.25) is 10.0 Å². The van der Waals surface area contributed by atoms with Gasteiger partial charge in [-0.25, -0.2) is 0 Å². The zero-order valence-corrected chi connectivity index (χ0v) is 12.6. The van der Waals surface area contributed by atoms with Gasteiger partial charge in [-0.3, -0.25) is 0 Å². The molecular formula is C14H11Cl2N5. The van der Waals surface area contributed by atoms with E-state index in [-0.39, 0.29) is 0 Å². The number of hydrogen-bond donors (Lipinski definition) is 1. The highest BCUT2D eigenvalue weighted by Gasteiger charge is 2.14. The molecule has 5 nitrogen and oxygen atoms in total. The van der Waals surface area contributed by atoms with Gasteiger partial charge in [0.2, 0.25) is 0 Å². The van der Waals surface area contributed by atoms with Crippen LogP contribution >= 0.6 is 23.2 Å². The molecule has 0 atom stereocenters. The van der Waals surface area contributed by atoms with Gasteiger partial charge in [0.1, 0.15) is 0 Å². The van der Waals surface area contributed by atoms with E-state index in [1.54, 1.807) is 22.9 Å². The van der Waals surface area contributed by atoms with Crippen LogP contribution in [0.15, 0.2) is 36.4 Å². The van der Waals surface area contributed by atoms with Crippen molar-refractivity contribution in [3.63, 3.8) is 0 Å². The zero-order chi connectivity index (χ0) is 15.0. The Balaban J connectivity index is 2.14.